The van der Waals surface area contributed by atoms with E-state index in [-0.39, 0.29) is 0 Å². The fraction of sp³-hybridized carbons (Fsp3) is 0.412. The minimum atomic E-state index is 0.586. The van der Waals surface area contributed by atoms with Crippen LogP contribution in [0.25, 0.3) is 0 Å². The van der Waals surface area contributed by atoms with Crippen LogP contribution in [0.1, 0.15) is 5.82 Å². The number of aromatic nitrogens is 2. The van der Waals surface area contributed by atoms with Gasteiger partial charge in [0.2, 0.25) is 0 Å². The van der Waals surface area contributed by atoms with Gasteiger partial charge in [0, 0.05) is 37.3 Å². The Bertz CT molecular complexity index is 722. The maximum atomic E-state index is 6.20. The number of morpholine rings is 1. The van der Waals surface area contributed by atoms with Gasteiger partial charge in [-0.2, -0.15) is 0 Å². The molecular weight excluding hydrogens is 361 g/mol. The van der Waals surface area contributed by atoms with E-state index in [9.17, 15) is 0 Å². The Labute approximate surface area is 157 Å². The van der Waals surface area contributed by atoms with Gasteiger partial charge in [-0.05, 0) is 25.1 Å². The quantitative estimate of drug-likeness (QED) is 0.797. The second-order valence-electron chi connectivity index (χ2n) is 5.82. The van der Waals surface area contributed by atoms with Crippen molar-refractivity contribution in [2.45, 2.75) is 6.92 Å². The smallest absolute Gasteiger partial charge is 0.136 e. The number of hydrogen-bond acceptors (Lipinski definition) is 6. The van der Waals surface area contributed by atoms with Crippen LogP contribution in [0, 0.1) is 6.92 Å². The first-order chi connectivity index (χ1) is 12.1. The van der Waals surface area contributed by atoms with Crippen molar-refractivity contribution >= 4 is 40.5 Å². The zero-order chi connectivity index (χ0) is 17.6. The largest absolute Gasteiger partial charge is 0.379 e. The summed E-state index contributed by atoms with van der Waals surface area (Å²) in [5.74, 6) is 2.13. The van der Waals surface area contributed by atoms with Crippen LogP contribution in [-0.4, -0.2) is 54.3 Å². The minimum Gasteiger partial charge on any atom is -0.379 e. The summed E-state index contributed by atoms with van der Waals surface area (Å²) in [6.45, 7) is 7.19. The lowest BCUT2D eigenvalue weighted by Crippen LogP contribution is -2.39. The molecule has 2 N–H and O–H groups in total. The standard InChI is InChI=1S/C17H21Cl2N5O/c1-12-21-16(20-4-5-24-6-8-25-9-7-24)11-17(22-12)23-15-10-13(18)2-3-14(15)19/h2-3,10-11H,4-9H2,1H3,(H2,20,21,22,23). The average Bonchev–Trinajstić information content (AvgIpc) is 2.59. The molecule has 2 heterocycles. The molecule has 0 spiro atoms. The number of anilines is 3. The lowest BCUT2D eigenvalue weighted by Gasteiger charge is -2.26. The van der Waals surface area contributed by atoms with E-state index in [0.29, 0.717) is 27.4 Å². The van der Waals surface area contributed by atoms with Crippen molar-refractivity contribution in [3.8, 4) is 0 Å². The molecule has 0 unspecified atom stereocenters. The van der Waals surface area contributed by atoms with Crippen molar-refractivity contribution in [3.05, 3.63) is 40.1 Å². The highest BCUT2D eigenvalue weighted by atomic mass is 35.5. The fourth-order valence-electron chi connectivity index (χ4n) is 2.62. The second kappa shape index (κ2) is 8.67. The van der Waals surface area contributed by atoms with Crippen LogP contribution >= 0.6 is 23.2 Å². The number of halogens is 2. The van der Waals surface area contributed by atoms with Gasteiger partial charge in [-0.25, -0.2) is 9.97 Å². The van der Waals surface area contributed by atoms with Crippen molar-refractivity contribution in [2.24, 2.45) is 0 Å². The van der Waals surface area contributed by atoms with E-state index in [1.165, 1.54) is 0 Å². The van der Waals surface area contributed by atoms with E-state index in [2.05, 4.69) is 25.5 Å². The molecule has 6 nitrogen and oxygen atoms in total. The monoisotopic (exact) mass is 381 g/mol. The SMILES string of the molecule is Cc1nc(NCCN2CCOCC2)cc(Nc2cc(Cl)ccc2Cl)n1. The van der Waals surface area contributed by atoms with Crippen molar-refractivity contribution < 1.29 is 4.74 Å². The summed E-state index contributed by atoms with van der Waals surface area (Å²) in [7, 11) is 0. The molecule has 8 heteroatoms. The number of ether oxygens (including phenoxy) is 1. The van der Waals surface area contributed by atoms with Crippen molar-refractivity contribution in [1.82, 2.24) is 14.9 Å². The molecule has 0 amide bonds. The van der Waals surface area contributed by atoms with Crippen LogP contribution < -0.4 is 10.6 Å². The molecule has 0 bridgehead atoms. The summed E-state index contributed by atoms with van der Waals surface area (Å²) < 4.78 is 5.36. The predicted octanol–water partition coefficient (Wildman–Crippen LogP) is 3.58. The highest BCUT2D eigenvalue weighted by molar-refractivity contribution is 6.35. The molecule has 0 atom stereocenters. The number of nitrogens with one attached hydrogen (secondary N) is 2. The Morgan fingerprint density at radius 1 is 1.12 bits per heavy atom. The predicted molar refractivity (Wildman–Crippen MR) is 102 cm³/mol. The lowest BCUT2D eigenvalue weighted by molar-refractivity contribution is 0.0398. The van der Waals surface area contributed by atoms with E-state index >= 15 is 0 Å². The van der Waals surface area contributed by atoms with E-state index in [1.807, 2.05) is 13.0 Å². The van der Waals surface area contributed by atoms with Crippen molar-refractivity contribution in [3.63, 3.8) is 0 Å². The van der Waals surface area contributed by atoms with Gasteiger partial charge < -0.3 is 15.4 Å². The van der Waals surface area contributed by atoms with Crippen LogP contribution in [0.4, 0.5) is 17.3 Å². The number of nitrogens with zero attached hydrogens (tertiary/aromatic N) is 3. The van der Waals surface area contributed by atoms with Crippen LogP contribution in [0.2, 0.25) is 10.0 Å². The molecule has 3 rings (SSSR count). The molecule has 1 aromatic carbocycles. The van der Waals surface area contributed by atoms with E-state index in [0.717, 1.165) is 45.2 Å². The molecule has 2 aromatic rings. The van der Waals surface area contributed by atoms with Gasteiger partial charge in [-0.15, -0.1) is 0 Å². The minimum absolute atomic E-state index is 0.586. The van der Waals surface area contributed by atoms with E-state index < -0.39 is 0 Å². The highest BCUT2D eigenvalue weighted by Gasteiger charge is 2.10. The average molecular weight is 382 g/mol. The topological polar surface area (TPSA) is 62.3 Å². The molecule has 0 saturated carbocycles. The fourth-order valence-corrected chi connectivity index (χ4v) is 2.96. The molecule has 1 saturated heterocycles. The Kier molecular flexibility index (Phi) is 6.31. The third-order valence-corrected chi connectivity index (χ3v) is 4.43. The number of aryl methyl sites for hydroxylation is 1. The van der Waals surface area contributed by atoms with E-state index in [4.69, 9.17) is 27.9 Å². The van der Waals surface area contributed by atoms with Crippen LogP contribution in [-0.2, 0) is 4.74 Å². The summed E-state index contributed by atoms with van der Waals surface area (Å²) in [6, 6.07) is 7.14. The first-order valence-electron chi connectivity index (χ1n) is 8.22. The Morgan fingerprint density at radius 2 is 1.88 bits per heavy atom. The molecule has 134 valence electrons. The van der Waals surface area contributed by atoms with Gasteiger partial charge >= 0.3 is 0 Å². The third kappa shape index (κ3) is 5.44. The van der Waals surface area contributed by atoms with Crippen molar-refractivity contribution in [2.75, 3.05) is 50.0 Å². The molecule has 25 heavy (non-hydrogen) atoms. The van der Waals surface area contributed by atoms with Crippen molar-refractivity contribution in [1.29, 1.82) is 0 Å². The summed E-state index contributed by atoms with van der Waals surface area (Å²) in [5.41, 5.74) is 0.714. The first-order valence-corrected chi connectivity index (χ1v) is 8.97. The van der Waals surface area contributed by atoms with Crippen LogP contribution in [0.5, 0.6) is 0 Å². The zero-order valence-corrected chi connectivity index (χ0v) is 15.6. The van der Waals surface area contributed by atoms with Gasteiger partial charge in [-0.3, -0.25) is 4.90 Å². The van der Waals surface area contributed by atoms with E-state index in [1.54, 1.807) is 18.2 Å². The number of hydrogen-bond donors (Lipinski definition) is 2. The first kappa shape index (κ1) is 18.2. The highest BCUT2D eigenvalue weighted by Crippen LogP contribution is 2.28. The Hall–Kier alpha value is -1.60. The molecule has 1 fully saturated rings. The number of rotatable bonds is 6. The molecule has 0 aliphatic carbocycles. The third-order valence-electron chi connectivity index (χ3n) is 3.87. The summed E-state index contributed by atoms with van der Waals surface area (Å²) >= 11 is 12.2. The van der Waals surface area contributed by atoms with Gasteiger partial charge in [0.1, 0.15) is 17.5 Å². The van der Waals surface area contributed by atoms with Gasteiger partial charge in [0.25, 0.3) is 0 Å². The van der Waals surface area contributed by atoms with Gasteiger partial charge in [-0.1, -0.05) is 23.2 Å². The molecule has 0 radical (unpaired) electrons. The zero-order valence-electron chi connectivity index (χ0n) is 14.1. The lowest BCUT2D eigenvalue weighted by atomic mass is 10.3. The second-order valence-corrected chi connectivity index (χ2v) is 6.66. The molecular formula is C17H21Cl2N5O. The molecule has 1 aliphatic rings. The summed E-state index contributed by atoms with van der Waals surface area (Å²) in [6.07, 6.45) is 0. The number of benzene rings is 1. The Morgan fingerprint density at radius 3 is 2.68 bits per heavy atom. The Balaban J connectivity index is 1.62. The van der Waals surface area contributed by atoms with Gasteiger partial charge in [0.15, 0.2) is 0 Å². The molecule has 1 aromatic heterocycles. The summed E-state index contributed by atoms with van der Waals surface area (Å²) in [5, 5.41) is 7.75. The maximum absolute atomic E-state index is 6.20. The summed E-state index contributed by atoms with van der Waals surface area (Å²) in [4.78, 5) is 11.2. The normalized spacial score (nSPS) is 15.2. The van der Waals surface area contributed by atoms with Gasteiger partial charge in [0.05, 0.1) is 23.9 Å². The molecule has 1 aliphatic heterocycles. The van der Waals surface area contributed by atoms with Crippen LogP contribution in [0.15, 0.2) is 24.3 Å². The maximum Gasteiger partial charge on any atom is 0.136 e. The van der Waals surface area contributed by atoms with Crippen LogP contribution in [0.3, 0.4) is 0 Å².